The maximum Gasteiger partial charge on any atom is 0.220 e. The van der Waals surface area contributed by atoms with E-state index >= 15 is 0 Å². The van der Waals surface area contributed by atoms with Crippen molar-refractivity contribution in [2.45, 2.75) is 31.2 Å². The van der Waals surface area contributed by atoms with E-state index in [4.69, 9.17) is 16.3 Å². The molecule has 2 aromatic carbocycles. The zero-order chi connectivity index (χ0) is 17.2. The van der Waals surface area contributed by atoms with Gasteiger partial charge in [0, 0.05) is 22.9 Å². The number of nitrogens with one attached hydrogen (secondary N) is 1. The van der Waals surface area contributed by atoms with Gasteiger partial charge in [0.2, 0.25) is 5.91 Å². The standard InChI is InChI=1S/C19H22ClNO2S/c1-2-23-17-9-5-15(6-10-17)14-21-19(22)4-3-13-24-18-11-7-16(20)8-12-18/h5-12H,2-4,13-14H2,1H3,(H,21,22). The minimum absolute atomic E-state index is 0.0839. The first-order valence-corrected chi connectivity index (χ1v) is 9.40. The predicted octanol–water partition coefficient (Wildman–Crippen LogP) is 4.93. The van der Waals surface area contributed by atoms with Gasteiger partial charge in [-0.1, -0.05) is 23.7 Å². The predicted molar refractivity (Wildman–Crippen MR) is 101 cm³/mol. The van der Waals surface area contributed by atoms with Crippen LogP contribution in [0.2, 0.25) is 5.02 Å². The minimum Gasteiger partial charge on any atom is -0.494 e. The van der Waals surface area contributed by atoms with Crippen molar-refractivity contribution in [3.63, 3.8) is 0 Å². The highest BCUT2D eigenvalue weighted by Gasteiger charge is 2.02. The highest BCUT2D eigenvalue weighted by Crippen LogP contribution is 2.21. The molecule has 0 bridgehead atoms. The summed E-state index contributed by atoms with van der Waals surface area (Å²) < 4.78 is 5.40. The summed E-state index contributed by atoms with van der Waals surface area (Å²) in [7, 11) is 0. The summed E-state index contributed by atoms with van der Waals surface area (Å²) in [6.07, 6.45) is 1.39. The summed E-state index contributed by atoms with van der Waals surface area (Å²) in [5, 5.41) is 3.69. The number of hydrogen-bond donors (Lipinski definition) is 1. The molecule has 0 aliphatic carbocycles. The zero-order valence-electron chi connectivity index (χ0n) is 13.8. The lowest BCUT2D eigenvalue weighted by Crippen LogP contribution is -2.22. The molecule has 0 aliphatic rings. The van der Waals surface area contributed by atoms with Gasteiger partial charge in [-0.05, 0) is 61.1 Å². The number of amides is 1. The van der Waals surface area contributed by atoms with E-state index in [1.54, 1.807) is 11.8 Å². The van der Waals surface area contributed by atoms with Crippen LogP contribution in [0.1, 0.15) is 25.3 Å². The van der Waals surface area contributed by atoms with Gasteiger partial charge in [-0.2, -0.15) is 0 Å². The fourth-order valence-electron chi connectivity index (χ4n) is 2.11. The topological polar surface area (TPSA) is 38.3 Å². The first-order chi connectivity index (χ1) is 11.7. The highest BCUT2D eigenvalue weighted by atomic mass is 35.5. The molecule has 0 atom stereocenters. The quantitative estimate of drug-likeness (QED) is 0.507. The molecule has 2 rings (SSSR count). The number of thioether (sulfide) groups is 1. The minimum atomic E-state index is 0.0839. The maximum absolute atomic E-state index is 11.9. The largest absolute Gasteiger partial charge is 0.494 e. The molecule has 0 aliphatic heterocycles. The smallest absolute Gasteiger partial charge is 0.220 e. The molecule has 24 heavy (non-hydrogen) atoms. The third-order valence-corrected chi connectivity index (χ3v) is 4.70. The molecule has 0 saturated heterocycles. The molecular formula is C19H22ClNO2S. The van der Waals surface area contributed by atoms with Crippen LogP contribution in [0.5, 0.6) is 5.75 Å². The Morgan fingerprint density at radius 3 is 2.50 bits per heavy atom. The number of ether oxygens (including phenoxy) is 1. The Morgan fingerprint density at radius 1 is 1.12 bits per heavy atom. The Labute approximate surface area is 152 Å². The Bertz CT molecular complexity index is 629. The molecule has 1 amide bonds. The second kappa shape index (κ2) is 10.3. The molecule has 0 saturated carbocycles. The van der Waals surface area contributed by atoms with Gasteiger partial charge in [0.25, 0.3) is 0 Å². The number of benzene rings is 2. The summed E-state index contributed by atoms with van der Waals surface area (Å²) in [6.45, 7) is 3.17. The van der Waals surface area contributed by atoms with Crippen molar-refractivity contribution >= 4 is 29.3 Å². The fourth-order valence-corrected chi connectivity index (χ4v) is 3.09. The van der Waals surface area contributed by atoms with Crippen molar-refractivity contribution in [1.82, 2.24) is 5.32 Å². The maximum atomic E-state index is 11.9. The number of rotatable bonds is 9. The summed E-state index contributed by atoms with van der Waals surface area (Å²) in [4.78, 5) is 13.1. The van der Waals surface area contributed by atoms with Gasteiger partial charge in [-0.3, -0.25) is 4.79 Å². The van der Waals surface area contributed by atoms with Crippen molar-refractivity contribution in [3.8, 4) is 5.75 Å². The van der Waals surface area contributed by atoms with Crippen LogP contribution in [0.3, 0.4) is 0 Å². The van der Waals surface area contributed by atoms with Crippen molar-refractivity contribution in [1.29, 1.82) is 0 Å². The number of carbonyl (C=O) groups excluding carboxylic acids is 1. The first-order valence-electron chi connectivity index (χ1n) is 8.04. The van der Waals surface area contributed by atoms with Crippen LogP contribution in [-0.2, 0) is 11.3 Å². The van der Waals surface area contributed by atoms with Crippen LogP contribution in [0.4, 0.5) is 0 Å². The van der Waals surface area contributed by atoms with Gasteiger partial charge in [0.05, 0.1) is 6.61 Å². The number of halogens is 1. The molecule has 1 N–H and O–H groups in total. The number of carbonyl (C=O) groups is 1. The molecular weight excluding hydrogens is 342 g/mol. The molecule has 0 radical (unpaired) electrons. The average Bonchev–Trinajstić information content (AvgIpc) is 2.60. The van der Waals surface area contributed by atoms with Crippen LogP contribution in [-0.4, -0.2) is 18.3 Å². The molecule has 0 aromatic heterocycles. The first kappa shape index (κ1) is 18.7. The molecule has 2 aromatic rings. The van der Waals surface area contributed by atoms with E-state index in [0.717, 1.165) is 28.5 Å². The molecule has 128 valence electrons. The number of hydrogen-bond acceptors (Lipinski definition) is 3. The molecule has 0 heterocycles. The normalized spacial score (nSPS) is 10.4. The Kier molecular flexibility index (Phi) is 7.99. The van der Waals surface area contributed by atoms with E-state index in [1.807, 2.05) is 55.5 Å². The van der Waals surface area contributed by atoms with Crippen molar-refractivity contribution in [2.75, 3.05) is 12.4 Å². The molecule has 0 unspecified atom stereocenters. The Hall–Kier alpha value is -1.65. The van der Waals surface area contributed by atoms with E-state index in [-0.39, 0.29) is 5.91 Å². The Balaban J connectivity index is 1.61. The highest BCUT2D eigenvalue weighted by molar-refractivity contribution is 7.99. The monoisotopic (exact) mass is 363 g/mol. The van der Waals surface area contributed by atoms with Crippen LogP contribution in [0.15, 0.2) is 53.4 Å². The lowest BCUT2D eigenvalue weighted by atomic mass is 10.2. The molecule has 5 heteroatoms. The molecule has 3 nitrogen and oxygen atoms in total. The van der Waals surface area contributed by atoms with Crippen LogP contribution < -0.4 is 10.1 Å². The summed E-state index contributed by atoms with van der Waals surface area (Å²) in [5.41, 5.74) is 1.07. The molecule has 0 fully saturated rings. The lowest BCUT2D eigenvalue weighted by molar-refractivity contribution is -0.121. The van der Waals surface area contributed by atoms with Crippen LogP contribution in [0.25, 0.3) is 0 Å². The summed E-state index contributed by atoms with van der Waals surface area (Å²) in [6, 6.07) is 15.6. The fraction of sp³-hybridized carbons (Fsp3) is 0.316. The van der Waals surface area contributed by atoms with E-state index in [2.05, 4.69) is 5.32 Å². The third-order valence-electron chi connectivity index (χ3n) is 3.35. The van der Waals surface area contributed by atoms with Gasteiger partial charge in [0.15, 0.2) is 0 Å². The van der Waals surface area contributed by atoms with Gasteiger partial charge in [-0.25, -0.2) is 0 Å². The van der Waals surface area contributed by atoms with Gasteiger partial charge in [0.1, 0.15) is 5.75 Å². The second-order valence-electron chi connectivity index (χ2n) is 5.26. The van der Waals surface area contributed by atoms with Crippen molar-refractivity contribution in [2.24, 2.45) is 0 Å². The van der Waals surface area contributed by atoms with E-state index in [1.165, 1.54) is 4.90 Å². The Morgan fingerprint density at radius 2 is 1.83 bits per heavy atom. The van der Waals surface area contributed by atoms with Crippen LogP contribution >= 0.6 is 23.4 Å². The van der Waals surface area contributed by atoms with E-state index in [9.17, 15) is 4.79 Å². The summed E-state index contributed by atoms with van der Waals surface area (Å²) in [5.74, 6) is 1.85. The SMILES string of the molecule is CCOc1ccc(CNC(=O)CCCSc2ccc(Cl)cc2)cc1. The van der Waals surface area contributed by atoms with Crippen molar-refractivity contribution < 1.29 is 9.53 Å². The second-order valence-corrected chi connectivity index (χ2v) is 6.86. The van der Waals surface area contributed by atoms with Gasteiger partial charge in [-0.15, -0.1) is 11.8 Å². The van der Waals surface area contributed by atoms with Gasteiger partial charge < -0.3 is 10.1 Å². The van der Waals surface area contributed by atoms with Crippen molar-refractivity contribution in [3.05, 3.63) is 59.1 Å². The van der Waals surface area contributed by atoms with E-state index in [0.29, 0.717) is 19.6 Å². The average molecular weight is 364 g/mol. The molecule has 0 spiro atoms. The summed E-state index contributed by atoms with van der Waals surface area (Å²) >= 11 is 7.59. The van der Waals surface area contributed by atoms with Crippen LogP contribution in [0, 0.1) is 0 Å². The third kappa shape index (κ3) is 6.85. The van der Waals surface area contributed by atoms with E-state index < -0.39 is 0 Å². The lowest BCUT2D eigenvalue weighted by Gasteiger charge is -2.07. The zero-order valence-corrected chi connectivity index (χ0v) is 15.3. The van der Waals surface area contributed by atoms with Gasteiger partial charge >= 0.3 is 0 Å².